The summed E-state index contributed by atoms with van der Waals surface area (Å²) in [6.45, 7) is 0. The van der Waals surface area contributed by atoms with Gasteiger partial charge in [-0.05, 0) is 30.7 Å². The van der Waals surface area contributed by atoms with Crippen LogP contribution >= 0.6 is 23.5 Å². The number of benzene rings is 1. The molecule has 0 fully saturated rings. The summed E-state index contributed by atoms with van der Waals surface area (Å²) in [5, 5.41) is 10.9. The van der Waals surface area contributed by atoms with Crippen molar-refractivity contribution in [3.63, 3.8) is 0 Å². The Balaban J connectivity index is 2.98. The number of hydrogen-bond donors (Lipinski definition) is 2. The minimum Gasteiger partial charge on any atom is -0.465 e. The second-order valence-electron chi connectivity index (χ2n) is 2.50. The van der Waals surface area contributed by atoms with Gasteiger partial charge in [0.1, 0.15) is 0 Å². The minimum absolute atomic E-state index is 0.641. The average molecular weight is 229 g/mol. The molecule has 2 N–H and O–H groups in total. The van der Waals surface area contributed by atoms with E-state index < -0.39 is 6.09 Å². The quantitative estimate of drug-likeness (QED) is 0.781. The molecule has 1 rings (SSSR count). The molecule has 0 aliphatic rings. The zero-order valence-corrected chi connectivity index (χ0v) is 9.54. The molecule has 76 valence electrons. The lowest BCUT2D eigenvalue weighted by Gasteiger charge is -2.07. The first-order valence-corrected chi connectivity index (χ1v) is 6.34. The van der Waals surface area contributed by atoms with Gasteiger partial charge in [-0.2, -0.15) is 0 Å². The topological polar surface area (TPSA) is 49.3 Å². The third-order valence-electron chi connectivity index (χ3n) is 1.65. The SMILES string of the molecule is CSc1ccc(NC(=O)O)c(SC)c1. The van der Waals surface area contributed by atoms with Crippen LogP contribution in [0.4, 0.5) is 10.5 Å². The molecular formula is C9H11NO2S2. The number of rotatable bonds is 3. The summed E-state index contributed by atoms with van der Waals surface area (Å²) < 4.78 is 0. The second kappa shape index (κ2) is 5.17. The molecule has 0 aromatic heterocycles. The van der Waals surface area contributed by atoms with Crippen molar-refractivity contribution >= 4 is 35.3 Å². The highest BCUT2D eigenvalue weighted by Gasteiger charge is 2.05. The fourth-order valence-corrected chi connectivity index (χ4v) is 2.12. The zero-order valence-electron chi connectivity index (χ0n) is 7.90. The van der Waals surface area contributed by atoms with E-state index in [0.29, 0.717) is 5.69 Å². The summed E-state index contributed by atoms with van der Waals surface area (Å²) in [7, 11) is 0. The molecule has 1 amide bonds. The van der Waals surface area contributed by atoms with Gasteiger partial charge in [-0.25, -0.2) is 4.79 Å². The number of nitrogens with one attached hydrogen (secondary N) is 1. The predicted octanol–water partition coefficient (Wildman–Crippen LogP) is 3.22. The standard InChI is InChI=1S/C9H11NO2S2/c1-13-6-3-4-7(10-9(11)12)8(5-6)14-2/h3-5,10H,1-2H3,(H,11,12). The van der Waals surface area contributed by atoms with Gasteiger partial charge >= 0.3 is 6.09 Å². The summed E-state index contributed by atoms with van der Waals surface area (Å²) in [6, 6.07) is 5.65. The van der Waals surface area contributed by atoms with Crippen LogP contribution in [0.5, 0.6) is 0 Å². The van der Waals surface area contributed by atoms with Crippen molar-refractivity contribution in [2.45, 2.75) is 9.79 Å². The fourth-order valence-electron chi connectivity index (χ4n) is 1.02. The van der Waals surface area contributed by atoms with E-state index in [0.717, 1.165) is 9.79 Å². The van der Waals surface area contributed by atoms with E-state index in [1.807, 2.05) is 24.6 Å². The summed E-state index contributed by atoms with van der Waals surface area (Å²) in [4.78, 5) is 12.5. The van der Waals surface area contributed by atoms with Gasteiger partial charge in [-0.3, -0.25) is 5.32 Å². The molecule has 0 unspecified atom stereocenters. The summed E-state index contributed by atoms with van der Waals surface area (Å²) in [5.74, 6) is 0. The Kier molecular flexibility index (Phi) is 4.16. The van der Waals surface area contributed by atoms with Crippen molar-refractivity contribution in [1.29, 1.82) is 0 Å². The fraction of sp³-hybridized carbons (Fsp3) is 0.222. The van der Waals surface area contributed by atoms with Gasteiger partial charge in [-0.1, -0.05) is 0 Å². The van der Waals surface area contributed by atoms with E-state index >= 15 is 0 Å². The second-order valence-corrected chi connectivity index (χ2v) is 4.22. The van der Waals surface area contributed by atoms with Crippen LogP contribution in [0.2, 0.25) is 0 Å². The van der Waals surface area contributed by atoms with Gasteiger partial charge in [0.25, 0.3) is 0 Å². The van der Waals surface area contributed by atoms with Crippen LogP contribution in [-0.2, 0) is 0 Å². The van der Waals surface area contributed by atoms with Crippen molar-refractivity contribution in [2.75, 3.05) is 17.8 Å². The molecule has 1 aromatic rings. The third-order valence-corrected chi connectivity index (χ3v) is 3.15. The lowest BCUT2D eigenvalue weighted by molar-refractivity contribution is 0.209. The van der Waals surface area contributed by atoms with Crippen LogP contribution in [0.3, 0.4) is 0 Å². The Hall–Kier alpha value is -0.810. The van der Waals surface area contributed by atoms with Crippen LogP contribution in [0.25, 0.3) is 0 Å². The summed E-state index contributed by atoms with van der Waals surface area (Å²) in [5.41, 5.74) is 0.641. The molecule has 0 radical (unpaired) electrons. The molecule has 0 heterocycles. The Labute approximate surface area is 91.3 Å². The molecule has 0 saturated carbocycles. The molecule has 1 aromatic carbocycles. The molecule has 14 heavy (non-hydrogen) atoms. The number of anilines is 1. The van der Waals surface area contributed by atoms with Crippen LogP contribution < -0.4 is 5.32 Å². The normalized spacial score (nSPS) is 9.86. The Morgan fingerprint density at radius 1 is 1.36 bits per heavy atom. The first-order valence-electron chi connectivity index (χ1n) is 3.89. The largest absolute Gasteiger partial charge is 0.465 e. The molecule has 0 atom stereocenters. The van der Waals surface area contributed by atoms with Gasteiger partial charge in [0, 0.05) is 9.79 Å². The van der Waals surface area contributed by atoms with E-state index in [4.69, 9.17) is 5.11 Å². The third kappa shape index (κ3) is 2.85. The number of thioether (sulfide) groups is 2. The van der Waals surface area contributed by atoms with E-state index in [1.54, 1.807) is 17.8 Å². The predicted molar refractivity (Wildman–Crippen MR) is 61.7 cm³/mol. The molecule has 3 nitrogen and oxygen atoms in total. The zero-order chi connectivity index (χ0) is 10.6. The first-order chi connectivity index (χ1) is 6.67. The Morgan fingerprint density at radius 3 is 2.57 bits per heavy atom. The van der Waals surface area contributed by atoms with Crippen LogP contribution in [0.1, 0.15) is 0 Å². The van der Waals surface area contributed by atoms with Crippen molar-refractivity contribution in [3.8, 4) is 0 Å². The smallest absolute Gasteiger partial charge is 0.409 e. The highest BCUT2D eigenvalue weighted by atomic mass is 32.2. The van der Waals surface area contributed by atoms with E-state index in [-0.39, 0.29) is 0 Å². The lowest BCUT2D eigenvalue weighted by atomic mass is 10.3. The highest BCUT2D eigenvalue weighted by Crippen LogP contribution is 2.29. The van der Waals surface area contributed by atoms with Crippen LogP contribution in [0.15, 0.2) is 28.0 Å². The molecule has 0 aliphatic heterocycles. The van der Waals surface area contributed by atoms with E-state index in [2.05, 4.69) is 5.32 Å². The number of hydrogen-bond acceptors (Lipinski definition) is 3. The van der Waals surface area contributed by atoms with Crippen molar-refractivity contribution in [1.82, 2.24) is 0 Å². The highest BCUT2D eigenvalue weighted by molar-refractivity contribution is 7.99. The first kappa shape index (κ1) is 11.3. The van der Waals surface area contributed by atoms with Gasteiger partial charge in [0.2, 0.25) is 0 Å². The molecule has 0 aliphatic carbocycles. The number of carboxylic acid groups (broad SMARTS) is 1. The van der Waals surface area contributed by atoms with Crippen LogP contribution in [0, 0.1) is 0 Å². The van der Waals surface area contributed by atoms with Crippen molar-refractivity contribution < 1.29 is 9.90 Å². The molecule has 5 heteroatoms. The average Bonchev–Trinajstić information content (AvgIpc) is 2.17. The Bertz CT molecular complexity index is 342. The maximum Gasteiger partial charge on any atom is 0.409 e. The monoisotopic (exact) mass is 229 g/mol. The maximum atomic E-state index is 10.5. The molecule has 0 spiro atoms. The van der Waals surface area contributed by atoms with Gasteiger partial charge in [-0.15, -0.1) is 23.5 Å². The van der Waals surface area contributed by atoms with Gasteiger partial charge < -0.3 is 5.11 Å². The van der Waals surface area contributed by atoms with Gasteiger partial charge in [0.05, 0.1) is 5.69 Å². The molecular weight excluding hydrogens is 218 g/mol. The lowest BCUT2D eigenvalue weighted by Crippen LogP contribution is -2.07. The summed E-state index contributed by atoms with van der Waals surface area (Å²) in [6.07, 6.45) is 2.88. The van der Waals surface area contributed by atoms with Gasteiger partial charge in [0.15, 0.2) is 0 Å². The molecule has 0 saturated heterocycles. The molecule has 0 bridgehead atoms. The minimum atomic E-state index is -1.03. The Morgan fingerprint density at radius 2 is 2.07 bits per heavy atom. The van der Waals surface area contributed by atoms with Crippen molar-refractivity contribution in [2.24, 2.45) is 0 Å². The summed E-state index contributed by atoms with van der Waals surface area (Å²) >= 11 is 3.17. The van der Waals surface area contributed by atoms with E-state index in [9.17, 15) is 4.79 Å². The van der Waals surface area contributed by atoms with E-state index in [1.165, 1.54) is 11.8 Å². The number of amides is 1. The van der Waals surface area contributed by atoms with Crippen molar-refractivity contribution in [3.05, 3.63) is 18.2 Å². The maximum absolute atomic E-state index is 10.5. The van der Waals surface area contributed by atoms with Crippen LogP contribution in [-0.4, -0.2) is 23.7 Å². The number of carbonyl (C=O) groups is 1.